The minimum absolute atomic E-state index is 0.0121. The second-order valence-corrected chi connectivity index (χ2v) is 5.88. The van der Waals surface area contributed by atoms with Crippen molar-refractivity contribution in [3.8, 4) is 0 Å². The van der Waals surface area contributed by atoms with Crippen molar-refractivity contribution >= 4 is 5.91 Å². The van der Waals surface area contributed by atoms with Crippen molar-refractivity contribution in [3.63, 3.8) is 0 Å². The minimum Gasteiger partial charge on any atom is -0.352 e. The van der Waals surface area contributed by atoms with Gasteiger partial charge in [-0.15, -0.1) is 0 Å². The van der Waals surface area contributed by atoms with Crippen LogP contribution in [0.25, 0.3) is 0 Å². The van der Waals surface area contributed by atoms with E-state index in [-0.39, 0.29) is 11.9 Å². The fraction of sp³-hybridized carbons (Fsp3) is 0.533. The molecule has 0 bridgehead atoms. The Morgan fingerprint density at radius 1 is 1.33 bits per heavy atom. The highest BCUT2D eigenvalue weighted by Crippen LogP contribution is 2.33. The van der Waals surface area contributed by atoms with Crippen LogP contribution >= 0.6 is 0 Å². The molecule has 2 aliphatic carbocycles. The number of carbonyl (C=O) groups excluding carboxylic acids is 1. The van der Waals surface area contributed by atoms with Crippen LogP contribution in [0.15, 0.2) is 24.3 Å². The number of amides is 1. The average Bonchev–Trinajstić information content (AvgIpc) is 3.11. The number of carbonyl (C=O) groups is 1. The van der Waals surface area contributed by atoms with E-state index < -0.39 is 5.54 Å². The molecule has 3 rings (SSSR count). The molecular weight excluding hydrogens is 224 g/mol. The van der Waals surface area contributed by atoms with E-state index in [1.165, 1.54) is 24.0 Å². The third-order valence-corrected chi connectivity index (χ3v) is 4.27. The second-order valence-electron chi connectivity index (χ2n) is 5.88. The molecule has 2 aliphatic rings. The van der Waals surface area contributed by atoms with E-state index in [1.807, 2.05) is 12.1 Å². The first-order valence-electron chi connectivity index (χ1n) is 6.75. The zero-order chi connectivity index (χ0) is 12.8. The molecule has 18 heavy (non-hydrogen) atoms. The predicted molar refractivity (Wildman–Crippen MR) is 71.1 cm³/mol. The fourth-order valence-electron chi connectivity index (χ4n) is 2.87. The van der Waals surface area contributed by atoms with E-state index in [1.54, 1.807) is 0 Å². The summed E-state index contributed by atoms with van der Waals surface area (Å²) in [6.45, 7) is 2.08. The van der Waals surface area contributed by atoms with Crippen LogP contribution in [0.2, 0.25) is 0 Å². The van der Waals surface area contributed by atoms with Crippen LogP contribution < -0.4 is 11.1 Å². The molecule has 1 saturated carbocycles. The van der Waals surface area contributed by atoms with Gasteiger partial charge >= 0.3 is 0 Å². The molecule has 0 unspecified atom stereocenters. The van der Waals surface area contributed by atoms with Crippen LogP contribution in [0.1, 0.15) is 30.9 Å². The summed E-state index contributed by atoms with van der Waals surface area (Å²) in [5, 5.41) is 3.10. The van der Waals surface area contributed by atoms with Crippen molar-refractivity contribution in [1.29, 1.82) is 0 Å². The molecule has 1 amide bonds. The normalized spacial score (nSPS) is 22.3. The molecule has 0 saturated heterocycles. The van der Waals surface area contributed by atoms with Crippen molar-refractivity contribution in [2.24, 2.45) is 11.7 Å². The lowest BCUT2D eigenvalue weighted by atomic mass is 9.95. The van der Waals surface area contributed by atoms with E-state index >= 15 is 0 Å². The standard InChI is InChI=1S/C15H20N2O/c1-10(11-6-7-11)17-14(18)15(16)8-12-4-2-3-5-13(12)9-15/h2-5,10-11H,6-9,16H2,1H3,(H,17,18)/t10-/m1/s1. The molecule has 1 aromatic carbocycles. The quantitative estimate of drug-likeness (QED) is 0.844. The summed E-state index contributed by atoms with van der Waals surface area (Å²) in [4.78, 5) is 12.3. The summed E-state index contributed by atoms with van der Waals surface area (Å²) >= 11 is 0. The van der Waals surface area contributed by atoms with E-state index in [0.717, 1.165) is 0 Å². The molecule has 1 aromatic rings. The topological polar surface area (TPSA) is 55.1 Å². The highest BCUT2D eigenvalue weighted by Gasteiger charge is 2.41. The molecule has 3 heteroatoms. The Kier molecular flexibility index (Phi) is 2.67. The zero-order valence-corrected chi connectivity index (χ0v) is 10.8. The van der Waals surface area contributed by atoms with E-state index in [0.29, 0.717) is 18.8 Å². The fourth-order valence-corrected chi connectivity index (χ4v) is 2.87. The molecule has 3 N–H and O–H groups in total. The maximum absolute atomic E-state index is 12.3. The highest BCUT2D eigenvalue weighted by molar-refractivity contribution is 5.88. The molecule has 96 valence electrons. The van der Waals surface area contributed by atoms with Gasteiger partial charge in [-0.3, -0.25) is 4.79 Å². The number of rotatable bonds is 3. The lowest BCUT2D eigenvalue weighted by Crippen LogP contribution is -2.56. The van der Waals surface area contributed by atoms with E-state index in [9.17, 15) is 4.79 Å². The van der Waals surface area contributed by atoms with Gasteiger partial charge < -0.3 is 11.1 Å². The van der Waals surface area contributed by atoms with Gasteiger partial charge in [-0.2, -0.15) is 0 Å². The van der Waals surface area contributed by atoms with Gasteiger partial charge in [0.05, 0.1) is 0 Å². The Bertz CT molecular complexity index is 454. The number of nitrogens with two attached hydrogens (primary N) is 1. The van der Waals surface area contributed by atoms with Gasteiger partial charge in [0.1, 0.15) is 5.54 Å². The number of hydrogen-bond acceptors (Lipinski definition) is 2. The summed E-state index contributed by atoms with van der Waals surface area (Å²) in [6.07, 6.45) is 3.79. The van der Waals surface area contributed by atoms with Gasteiger partial charge in [0.2, 0.25) is 5.91 Å². The first-order chi connectivity index (χ1) is 8.58. The number of hydrogen-bond donors (Lipinski definition) is 2. The third kappa shape index (κ3) is 2.03. The summed E-state index contributed by atoms with van der Waals surface area (Å²) in [7, 11) is 0. The van der Waals surface area contributed by atoms with Gasteiger partial charge in [-0.25, -0.2) is 0 Å². The Morgan fingerprint density at radius 2 is 1.89 bits per heavy atom. The van der Waals surface area contributed by atoms with Crippen LogP contribution in [0.5, 0.6) is 0 Å². The van der Waals surface area contributed by atoms with Crippen molar-refractivity contribution in [1.82, 2.24) is 5.32 Å². The molecule has 0 heterocycles. The van der Waals surface area contributed by atoms with E-state index in [4.69, 9.17) is 5.73 Å². The molecule has 0 aromatic heterocycles. The molecule has 0 radical (unpaired) electrons. The maximum Gasteiger partial charge on any atom is 0.240 e. The summed E-state index contributed by atoms with van der Waals surface area (Å²) in [5.41, 5.74) is 8.00. The molecular formula is C15H20N2O. The smallest absolute Gasteiger partial charge is 0.240 e. The average molecular weight is 244 g/mol. The van der Waals surface area contributed by atoms with Crippen LogP contribution in [0.4, 0.5) is 0 Å². The van der Waals surface area contributed by atoms with Crippen LogP contribution in [0, 0.1) is 5.92 Å². The minimum atomic E-state index is -0.743. The van der Waals surface area contributed by atoms with Gasteiger partial charge in [0, 0.05) is 6.04 Å². The number of benzene rings is 1. The van der Waals surface area contributed by atoms with Gasteiger partial charge in [0.15, 0.2) is 0 Å². The van der Waals surface area contributed by atoms with Crippen molar-refractivity contribution in [3.05, 3.63) is 35.4 Å². The van der Waals surface area contributed by atoms with Gasteiger partial charge in [-0.1, -0.05) is 24.3 Å². The Morgan fingerprint density at radius 3 is 2.39 bits per heavy atom. The molecule has 0 aliphatic heterocycles. The monoisotopic (exact) mass is 244 g/mol. The second kappa shape index (κ2) is 4.09. The summed E-state index contributed by atoms with van der Waals surface area (Å²) < 4.78 is 0. The zero-order valence-electron chi connectivity index (χ0n) is 10.8. The summed E-state index contributed by atoms with van der Waals surface area (Å²) in [5.74, 6) is 0.680. The Hall–Kier alpha value is -1.35. The highest BCUT2D eigenvalue weighted by atomic mass is 16.2. The Balaban J connectivity index is 1.71. The van der Waals surface area contributed by atoms with Gasteiger partial charge in [-0.05, 0) is 49.7 Å². The van der Waals surface area contributed by atoms with Crippen molar-refractivity contribution in [2.75, 3.05) is 0 Å². The number of nitrogens with one attached hydrogen (secondary N) is 1. The molecule has 3 nitrogen and oxygen atoms in total. The van der Waals surface area contributed by atoms with E-state index in [2.05, 4.69) is 24.4 Å². The summed E-state index contributed by atoms with van der Waals surface area (Å²) in [6, 6.07) is 8.43. The third-order valence-electron chi connectivity index (χ3n) is 4.27. The van der Waals surface area contributed by atoms with Crippen LogP contribution in [-0.4, -0.2) is 17.5 Å². The lowest BCUT2D eigenvalue weighted by molar-refractivity contribution is -0.126. The SMILES string of the molecule is C[C@@H](NC(=O)C1(N)Cc2ccccc2C1)C1CC1. The maximum atomic E-state index is 12.3. The largest absolute Gasteiger partial charge is 0.352 e. The van der Waals surface area contributed by atoms with Gasteiger partial charge in [0.25, 0.3) is 0 Å². The first-order valence-corrected chi connectivity index (χ1v) is 6.75. The lowest BCUT2D eigenvalue weighted by Gasteiger charge is -2.25. The van der Waals surface area contributed by atoms with Crippen LogP contribution in [-0.2, 0) is 17.6 Å². The Labute approximate surface area is 108 Å². The molecule has 1 fully saturated rings. The number of fused-ring (bicyclic) bond motifs is 1. The molecule has 1 atom stereocenters. The van der Waals surface area contributed by atoms with Crippen molar-refractivity contribution in [2.45, 2.75) is 44.2 Å². The predicted octanol–water partition coefficient (Wildman–Crippen LogP) is 1.40. The first kappa shape index (κ1) is 11.7. The van der Waals surface area contributed by atoms with Crippen molar-refractivity contribution < 1.29 is 4.79 Å². The van der Waals surface area contributed by atoms with Crippen LogP contribution in [0.3, 0.4) is 0 Å². The molecule has 0 spiro atoms.